The van der Waals surface area contributed by atoms with Crippen molar-refractivity contribution in [2.75, 3.05) is 20.2 Å². The molecule has 0 bridgehead atoms. The van der Waals surface area contributed by atoms with Crippen molar-refractivity contribution in [2.45, 2.75) is 98.8 Å². The van der Waals surface area contributed by atoms with E-state index in [1.54, 1.807) is 18.0 Å². The van der Waals surface area contributed by atoms with Gasteiger partial charge in [0.05, 0.1) is 22.8 Å². The van der Waals surface area contributed by atoms with Gasteiger partial charge in [0.2, 0.25) is 0 Å². The molecule has 0 spiro atoms. The summed E-state index contributed by atoms with van der Waals surface area (Å²) in [5.74, 6) is -0.0505. The quantitative estimate of drug-likeness (QED) is 0.0933. The van der Waals surface area contributed by atoms with Crippen molar-refractivity contribution in [2.24, 2.45) is 7.05 Å². The largest absolute Gasteiger partial charge is 0.493 e. The van der Waals surface area contributed by atoms with Gasteiger partial charge in [0.1, 0.15) is 28.5 Å². The number of benzene rings is 3. The van der Waals surface area contributed by atoms with Crippen LogP contribution >= 0.6 is 11.6 Å². The second kappa shape index (κ2) is 15.8. The first-order chi connectivity index (χ1) is 24.9. The first kappa shape index (κ1) is 39.6. The Morgan fingerprint density at radius 1 is 0.906 bits per heavy atom. The minimum absolute atomic E-state index is 0.299. The fraction of sp³-hybridized carbons (Fsp3) is 0.452. The van der Waals surface area contributed by atoms with Crippen LogP contribution in [0, 0.1) is 19.7 Å². The highest BCUT2D eigenvalue weighted by molar-refractivity contribution is 6.35. The van der Waals surface area contributed by atoms with Gasteiger partial charge in [-0.3, -0.25) is 4.68 Å². The molecule has 0 aliphatic heterocycles. The van der Waals surface area contributed by atoms with Crippen LogP contribution in [0.1, 0.15) is 88.2 Å². The van der Waals surface area contributed by atoms with E-state index in [-0.39, 0.29) is 11.9 Å². The van der Waals surface area contributed by atoms with Gasteiger partial charge in [-0.25, -0.2) is 14.0 Å². The molecule has 0 aliphatic rings. The lowest BCUT2D eigenvalue weighted by molar-refractivity contribution is 0.00564. The number of aryl methyl sites for hydroxylation is 4. The number of nitrogens with zero attached hydrogens (tertiary/aromatic N) is 4. The average molecular weight is 747 g/mol. The first-order valence-corrected chi connectivity index (χ1v) is 18.6. The summed E-state index contributed by atoms with van der Waals surface area (Å²) in [6.45, 7) is 16.4. The number of halogens is 2. The van der Waals surface area contributed by atoms with Crippen LogP contribution in [0.2, 0.25) is 5.02 Å². The van der Waals surface area contributed by atoms with Gasteiger partial charge in [-0.05, 0) is 122 Å². The number of hydrogen-bond donors (Lipinski definition) is 0. The van der Waals surface area contributed by atoms with Gasteiger partial charge < -0.3 is 23.7 Å². The van der Waals surface area contributed by atoms with Crippen LogP contribution in [-0.2, 0) is 29.5 Å². The molecular formula is C42H52ClFN4O5. The van der Waals surface area contributed by atoms with E-state index in [1.807, 2.05) is 97.5 Å². The number of esters is 1. The maximum atomic E-state index is 14.3. The second-order valence-corrected chi connectivity index (χ2v) is 16.1. The molecular weight excluding hydrogens is 695 g/mol. The summed E-state index contributed by atoms with van der Waals surface area (Å²) in [6, 6.07) is 14.1. The lowest BCUT2D eigenvalue weighted by Crippen LogP contribution is -2.34. The maximum absolute atomic E-state index is 14.3. The van der Waals surface area contributed by atoms with Crippen LogP contribution in [0.4, 0.5) is 9.18 Å². The van der Waals surface area contributed by atoms with Crippen LogP contribution in [-0.4, -0.2) is 62.7 Å². The highest BCUT2D eigenvalue weighted by Crippen LogP contribution is 2.42. The van der Waals surface area contributed by atoms with Crippen molar-refractivity contribution >= 4 is 45.3 Å². The normalized spacial score (nSPS) is 12.1. The molecule has 5 rings (SSSR count). The van der Waals surface area contributed by atoms with E-state index in [1.165, 1.54) is 12.1 Å². The second-order valence-electron chi connectivity index (χ2n) is 15.7. The molecule has 53 heavy (non-hydrogen) atoms. The first-order valence-electron chi connectivity index (χ1n) is 18.2. The average Bonchev–Trinajstić information content (AvgIpc) is 3.50. The van der Waals surface area contributed by atoms with Gasteiger partial charge in [-0.1, -0.05) is 29.8 Å². The molecule has 9 nitrogen and oxygen atoms in total. The maximum Gasteiger partial charge on any atom is 0.410 e. The molecule has 0 N–H and O–H groups in total. The number of unbranched alkanes of at least 4 members (excludes halogenated alkanes) is 1. The van der Waals surface area contributed by atoms with Crippen LogP contribution < -0.4 is 4.74 Å². The van der Waals surface area contributed by atoms with Crippen molar-refractivity contribution in [3.8, 4) is 16.9 Å². The third-order valence-electron chi connectivity index (χ3n) is 9.09. The Labute approximate surface area is 316 Å². The standard InChI is InChI=1S/C42H52ClFN4O5/c1-26-35(27(2)47(10)45-26)36-33(43)21-20-32-31(16-14-24-51-34-17-13-15-28-25-29(44)18-19-30(28)34)38(39(49)52-41(3,4)5)48(37(32)36)23-12-11-22-46(9)40(50)53-42(6,7)8/h13,15,17-21,25H,11-12,14,16,22-24H2,1-10H3. The molecule has 0 radical (unpaired) electrons. The van der Waals surface area contributed by atoms with Gasteiger partial charge in [0.25, 0.3) is 0 Å². The Balaban J connectivity index is 1.55. The third-order valence-corrected chi connectivity index (χ3v) is 9.41. The highest BCUT2D eigenvalue weighted by Gasteiger charge is 2.30. The van der Waals surface area contributed by atoms with Crippen molar-refractivity contribution in [1.82, 2.24) is 19.2 Å². The van der Waals surface area contributed by atoms with Crippen molar-refractivity contribution in [3.05, 3.63) is 82.0 Å². The minimum Gasteiger partial charge on any atom is -0.493 e. The fourth-order valence-electron chi connectivity index (χ4n) is 6.73. The summed E-state index contributed by atoms with van der Waals surface area (Å²) in [4.78, 5) is 28.6. The highest BCUT2D eigenvalue weighted by atomic mass is 35.5. The molecule has 0 saturated carbocycles. The van der Waals surface area contributed by atoms with Crippen LogP contribution in [0.5, 0.6) is 5.75 Å². The Hall–Kier alpha value is -4.57. The number of aromatic nitrogens is 3. The van der Waals surface area contributed by atoms with E-state index in [2.05, 4.69) is 4.57 Å². The molecule has 1 amide bonds. The zero-order chi connectivity index (χ0) is 38.8. The van der Waals surface area contributed by atoms with E-state index in [4.69, 9.17) is 30.9 Å². The molecule has 2 aromatic heterocycles. The Morgan fingerprint density at radius 2 is 1.60 bits per heavy atom. The summed E-state index contributed by atoms with van der Waals surface area (Å²) >= 11 is 7.09. The van der Waals surface area contributed by atoms with E-state index < -0.39 is 17.2 Å². The van der Waals surface area contributed by atoms with E-state index >= 15 is 0 Å². The predicted molar refractivity (Wildman–Crippen MR) is 210 cm³/mol. The van der Waals surface area contributed by atoms with Crippen molar-refractivity contribution in [3.63, 3.8) is 0 Å². The smallest absolute Gasteiger partial charge is 0.410 e. The number of carbonyl (C=O) groups excluding carboxylic acids is 2. The van der Waals surface area contributed by atoms with Gasteiger partial charge in [0.15, 0.2) is 0 Å². The molecule has 5 aromatic rings. The van der Waals surface area contributed by atoms with Crippen LogP contribution in [0.15, 0.2) is 48.5 Å². The predicted octanol–water partition coefficient (Wildman–Crippen LogP) is 10.2. The number of ether oxygens (including phenoxy) is 3. The minimum atomic E-state index is -0.736. The molecule has 11 heteroatoms. The van der Waals surface area contributed by atoms with Gasteiger partial charge in [0, 0.05) is 54.8 Å². The number of fused-ring (bicyclic) bond motifs is 2. The molecule has 284 valence electrons. The summed E-state index contributed by atoms with van der Waals surface area (Å²) in [7, 11) is 3.64. The summed E-state index contributed by atoms with van der Waals surface area (Å²) in [5.41, 5.74) is 4.34. The molecule has 0 fully saturated rings. The van der Waals surface area contributed by atoms with Gasteiger partial charge in [-0.15, -0.1) is 0 Å². The van der Waals surface area contributed by atoms with Crippen molar-refractivity contribution in [1.29, 1.82) is 0 Å². The zero-order valence-corrected chi connectivity index (χ0v) is 33.4. The molecule has 0 atom stereocenters. The van der Waals surface area contributed by atoms with Crippen LogP contribution in [0.25, 0.3) is 32.8 Å². The summed E-state index contributed by atoms with van der Waals surface area (Å²) in [6.07, 6.45) is 2.06. The fourth-order valence-corrected chi connectivity index (χ4v) is 6.98. The summed E-state index contributed by atoms with van der Waals surface area (Å²) < 4.78 is 35.7. The molecule has 0 aliphatic carbocycles. The van der Waals surface area contributed by atoms with Gasteiger partial charge in [-0.2, -0.15) is 5.10 Å². The zero-order valence-electron chi connectivity index (χ0n) is 32.7. The van der Waals surface area contributed by atoms with E-state index in [0.717, 1.165) is 49.8 Å². The molecule has 3 aromatic carbocycles. The lowest BCUT2D eigenvalue weighted by atomic mass is 9.98. The monoisotopic (exact) mass is 746 g/mol. The van der Waals surface area contributed by atoms with Gasteiger partial charge >= 0.3 is 12.1 Å². The van der Waals surface area contributed by atoms with Crippen LogP contribution in [0.3, 0.4) is 0 Å². The van der Waals surface area contributed by atoms with E-state index in [9.17, 15) is 14.0 Å². The molecule has 2 heterocycles. The number of carbonyl (C=O) groups is 2. The Morgan fingerprint density at radius 3 is 2.26 bits per heavy atom. The Bertz CT molecular complexity index is 2140. The molecule has 0 saturated heterocycles. The SMILES string of the molecule is Cc1nn(C)c(C)c1-c1c(Cl)ccc2c(CCCOc3cccc4cc(F)ccc34)c(C(=O)OC(C)(C)C)n(CCCCN(C)C(=O)OC(C)(C)C)c12. The Kier molecular flexibility index (Phi) is 11.8. The number of hydrogen-bond acceptors (Lipinski definition) is 6. The van der Waals surface area contributed by atoms with Crippen molar-refractivity contribution < 1.29 is 28.2 Å². The topological polar surface area (TPSA) is 87.8 Å². The lowest BCUT2D eigenvalue weighted by Gasteiger charge is -2.24. The molecule has 0 unspecified atom stereocenters. The number of rotatable bonds is 12. The summed E-state index contributed by atoms with van der Waals surface area (Å²) in [5, 5.41) is 7.75. The third kappa shape index (κ3) is 9.15. The van der Waals surface area contributed by atoms with E-state index in [0.29, 0.717) is 61.8 Å². The number of amides is 1.